The Hall–Kier alpha value is -0.860. The summed E-state index contributed by atoms with van der Waals surface area (Å²) in [5, 5.41) is 0. The number of esters is 2. The molecule has 292 valence electrons. The highest BCUT2D eigenvalue weighted by Crippen LogP contribution is 2.17. The maximum Gasteiger partial charge on any atom is 0.313 e. The van der Waals surface area contributed by atoms with E-state index >= 15 is 0 Å². The third kappa shape index (κ3) is 43.2. The van der Waals surface area contributed by atoms with Crippen LogP contribution in [0.3, 0.4) is 0 Å². The van der Waals surface area contributed by atoms with Gasteiger partial charge in [0.1, 0.15) is 0 Å². The van der Waals surface area contributed by atoms with E-state index in [2.05, 4.69) is 13.8 Å². The fourth-order valence-corrected chi connectivity index (χ4v) is 7.28. The molecule has 0 N–H and O–H groups in total. The molecule has 0 bridgehead atoms. The van der Waals surface area contributed by atoms with Crippen LogP contribution in [0.25, 0.3) is 0 Å². The Labute approximate surface area is 309 Å². The Balaban J connectivity index is 3.24. The van der Waals surface area contributed by atoms with Gasteiger partial charge < -0.3 is 4.74 Å². The van der Waals surface area contributed by atoms with Crippen molar-refractivity contribution < 1.29 is 14.3 Å². The van der Waals surface area contributed by atoms with Gasteiger partial charge >= 0.3 is 11.9 Å². The first-order chi connectivity index (χ1) is 24.2. The van der Waals surface area contributed by atoms with E-state index in [1.807, 2.05) is 0 Å². The van der Waals surface area contributed by atoms with Crippen LogP contribution in [0.1, 0.15) is 284 Å². The summed E-state index contributed by atoms with van der Waals surface area (Å²) in [6.45, 7) is 4.58. The number of rotatable bonds is 42. The molecule has 0 heterocycles. The lowest BCUT2D eigenvalue weighted by Gasteiger charge is -2.05. The molecule has 0 rings (SSSR count). The first kappa shape index (κ1) is 48.1. The van der Waals surface area contributed by atoms with Crippen molar-refractivity contribution in [2.24, 2.45) is 0 Å². The lowest BCUT2D eigenvalue weighted by atomic mass is 10.0. The fraction of sp³-hybridized carbons (Fsp3) is 0.957. The summed E-state index contributed by atoms with van der Waals surface area (Å²) in [6, 6.07) is 0. The standard InChI is InChI=1S/C46H90O3/c1-3-5-7-9-11-13-15-17-19-21-22-23-24-25-26-28-30-32-34-36-38-40-42-44-46(48)49-45(47)43-41-39-37-35-33-31-29-27-20-18-16-14-12-10-8-6-4-2/h3-44H2,1-2H3. The van der Waals surface area contributed by atoms with Gasteiger partial charge in [-0.2, -0.15) is 0 Å². The van der Waals surface area contributed by atoms with E-state index in [0.717, 1.165) is 25.7 Å². The zero-order valence-corrected chi connectivity index (χ0v) is 33.9. The third-order valence-electron chi connectivity index (χ3n) is 10.7. The van der Waals surface area contributed by atoms with Gasteiger partial charge in [-0.25, -0.2) is 0 Å². The second-order valence-electron chi connectivity index (χ2n) is 15.8. The Kier molecular flexibility index (Phi) is 42.5. The van der Waals surface area contributed by atoms with Gasteiger partial charge in [0.05, 0.1) is 0 Å². The molecule has 0 aliphatic rings. The molecule has 0 aromatic rings. The van der Waals surface area contributed by atoms with Crippen LogP contribution in [0.4, 0.5) is 0 Å². The highest BCUT2D eigenvalue weighted by atomic mass is 16.6. The maximum absolute atomic E-state index is 12.0. The van der Waals surface area contributed by atoms with Crippen molar-refractivity contribution in [1.29, 1.82) is 0 Å². The topological polar surface area (TPSA) is 43.4 Å². The van der Waals surface area contributed by atoms with Crippen molar-refractivity contribution in [1.82, 2.24) is 0 Å². The molecule has 3 nitrogen and oxygen atoms in total. The van der Waals surface area contributed by atoms with E-state index in [1.54, 1.807) is 0 Å². The SMILES string of the molecule is CCCCCCCCCCCCCCCCCCCCCCCCCC(=O)OC(=O)CCCCCCCCCCCCCCCCCCC. The Bertz CT molecular complexity index is 644. The summed E-state index contributed by atoms with van der Waals surface area (Å²) in [5.74, 6) is -0.638. The third-order valence-corrected chi connectivity index (χ3v) is 10.7. The molecule has 0 aromatic heterocycles. The summed E-state index contributed by atoms with van der Waals surface area (Å²) < 4.78 is 5.05. The zero-order valence-electron chi connectivity index (χ0n) is 33.9. The summed E-state index contributed by atoms with van der Waals surface area (Å²) in [7, 11) is 0. The fourth-order valence-electron chi connectivity index (χ4n) is 7.28. The molecule has 0 radical (unpaired) electrons. The number of hydrogen-bond acceptors (Lipinski definition) is 3. The number of unbranched alkanes of at least 4 members (excludes halogenated alkanes) is 38. The van der Waals surface area contributed by atoms with E-state index in [-0.39, 0.29) is 11.9 Å². The summed E-state index contributed by atoms with van der Waals surface area (Å²) in [4.78, 5) is 24.0. The van der Waals surface area contributed by atoms with Crippen LogP contribution in [0.2, 0.25) is 0 Å². The number of carbonyl (C=O) groups is 2. The van der Waals surface area contributed by atoms with E-state index in [9.17, 15) is 9.59 Å². The van der Waals surface area contributed by atoms with Crippen molar-refractivity contribution >= 4 is 11.9 Å². The molecule has 3 heteroatoms. The van der Waals surface area contributed by atoms with E-state index in [4.69, 9.17) is 4.74 Å². The van der Waals surface area contributed by atoms with E-state index in [0.29, 0.717) is 12.8 Å². The van der Waals surface area contributed by atoms with E-state index < -0.39 is 0 Å². The number of carbonyl (C=O) groups excluding carboxylic acids is 2. The van der Waals surface area contributed by atoms with Gasteiger partial charge in [-0.3, -0.25) is 9.59 Å². The predicted molar refractivity (Wildman–Crippen MR) is 216 cm³/mol. The number of hydrogen-bond donors (Lipinski definition) is 0. The van der Waals surface area contributed by atoms with Crippen molar-refractivity contribution in [2.75, 3.05) is 0 Å². The van der Waals surface area contributed by atoms with Crippen molar-refractivity contribution in [3.8, 4) is 0 Å². The van der Waals surface area contributed by atoms with Gasteiger partial charge in [-0.15, -0.1) is 0 Å². The molecule has 0 saturated carbocycles. The molecule has 0 aliphatic heterocycles. The average molecular weight is 691 g/mol. The van der Waals surface area contributed by atoms with Crippen LogP contribution in [0, 0.1) is 0 Å². The minimum Gasteiger partial charge on any atom is -0.393 e. The molecule has 0 atom stereocenters. The van der Waals surface area contributed by atoms with Crippen LogP contribution in [-0.4, -0.2) is 11.9 Å². The van der Waals surface area contributed by atoms with Crippen LogP contribution in [0.5, 0.6) is 0 Å². The summed E-state index contributed by atoms with van der Waals surface area (Å²) in [5.41, 5.74) is 0. The van der Waals surface area contributed by atoms with Gasteiger partial charge in [-0.05, 0) is 12.8 Å². The molecule has 0 fully saturated rings. The highest BCUT2D eigenvalue weighted by molar-refractivity contribution is 5.85. The van der Waals surface area contributed by atoms with Crippen molar-refractivity contribution in [3.63, 3.8) is 0 Å². The number of ether oxygens (including phenoxy) is 1. The average Bonchev–Trinajstić information content (AvgIpc) is 3.10. The predicted octanol–water partition coefficient (Wildman–Crippen LogP) is 16.5. The monoisotopic (exact) mass is 691 g/mol. The highest BCUT2D eigenvalue weighted by Gasteiger charge is 2.10. The summed E-state index contributed by atoms with van der Waals surface area (Å²) in [6.07, 6.45) is 54.8. The Morgan fingerprint density at radius 2 is 0.388 bits per heavy atom. The van der Waals surface area contributed by atoms with Gasteiger partial charge in [0.25, 0.3) is 0 Å². The molecule has 0 spiro atoms. The molecule has 0 saturated heterocycles. The quantitative estimate of drug-likeness (QED) is 0.0364. The van der Waals surface area contributed by atoms with Gasteiger partial charge in [-0.1, -0.05) is 258 Å². The molecular formula is C46H90O3. The Morgan fingerprint density at radius 1 is 0.245 bits per heavy atom. The second kappa shape index (κ2) is 43.3. The zero-order chi connectivity index (χ0) is 35.6. The Morgan fingerprint density at radius 3 is 0.551 bits per heavy atom. The van der Waals surface area contributed by atoms with Crippen LogP contribution < -0.4 is 0 Å². The molecule has 0 aliphatic carbocycles. The molecule has 0 unspecified atom stereocenters. The van der Waals surface area contributed by atoms with Gasteiger partial charge in [0.15, 0.2) is 0 Å². The van der Waals surface area contributed by atoms with E-state index in [1.165, 1.54) is 231 Å². The molecular weight excluding hydrogens is 601 g/mol. The van der Waals surface area contributed by atoms with Crippen molar-refractivity contribution in [3.05, 3.63) is 0 Å². The largest absolute Gasteiger partial charge is 0.393 e. The lowest BCUT2D eigenvalue weighted by Crippen LogP contribution is -2.11. The molecule has 0 aromatic carbocycles. The minimum absolute atomic E-state index is 0.319. The normalized spacial score (nSPS) is 11.4. The lowest BCUT2D eigenvalue weighted by molar-refractivity contribution is -0.159. The summed E-state index contributed by atoms with van der Waals surface area (Å²) >= 11 is 0. The second-order valence-corrected chi connectivity index (χ2v) is 15.8. The van der Waals surface area contributed by atoms with Crippen LogP contribution in [0.15, 0.2) is 0 Å². The molecule has 49 heavy (non-hydrogen) atoms. The van der Waals surface area contributed by atoms with Gasteiger partial charge in [0, 0.05) is 12.8 Å². The van der Waals surface area contributed by atoms with Crippen LogP contribution in [-0.2, 0) is 14.3 Å². The van der Waals surface area contributed by atoms with Gasteiger partial charge in [0.2, 0.25) is 0 Å². The van der Waals surface area contributed by atoms with Crippen LogP contribution >= 0.6 is 0 Å². The maximum atomic E-state index is 12.0. The molecule has 0 amide bonds. The van der Waals surface area contributed by atoms with Crippen molar-refractivity contribution in [2.45, 2.75) is 284 Å². The first-order valence-corrected chi connectivity index (χ1v) is 22.9. The minimum atomic E-state index is -0.319. The smallest absolute Gasteiger partial charge is 0.313 e. The first-order valence-electron chi connectivity index (χ1n) is 22.9.